The molecule has 0 radical (unpaired) electrons. The third-order valence-electron chi connectivity index (χ3n) is 3.23. The van der Waals surface area contributed by atoms with Crippen molar-refractivity contribution in [2.75, 3.05) is 7.11 Å². The topological polar surface area (TPSA) is 65.4 Å². The Bertz CT molecular complexity index is 780. The van der Waals surface area contributed by atoms with Crippen molar-refractivity contribution in [2.45, 2.75) is 25.7 Å². The largest absolute Gasteiger partial charge is 0.464 e. The lowest BCUT2D eigenvalue weighted by Gasteiger charge is -2.14. The highest BCUT2D eigenvalue weighted by molar-refractivity contribution is 7.90. The summed E-state index contributed by atoms with van der Waals surface area (Å²) < 4.78 is 31.3. The normalized spacial score (nSPS) is 11.4. The van der Waals surface area contributed by atoms with Gasteiger partial charge in [-0.15, -0.1) is 0 Å². The molecule has 0 bridgehead atoms. The van der Waals surface area contributed by atoms with Gasteiger partial charge in [-0.05, 0) is 44.0 Å². The van der Waals surface area contributed by atoms with E-state index in [1.807, 2.05) is 6.92 Å². The van der Waals surface area contributed by atoms with Crippen LogP contribution in [0.1, 0.15) is 27.2 Å². The van der Waals surface area contributed by atoms with E-state index < -0.39 is 16.0 Å². The molecule has 0 saturated carbocycles. The van der Waals surface area contributed by atoms with Crippen molar-refractivity contribution in [1.29, 1.82) is 0 Å². The van der Waals surface area contributed by atoms with E-state index in [0.29, 0.717) is 11.1 Å². The van der Waals surface area contributed by atoms with E-state index in [-0.39, 0.29) is 10.6 Å². The standard InChI is InChI=1S/C15H17NO4S/c1-10-8-11(2)14(12(3)9-10)21(18,19)16-7-5-6-13(16)15(17)20-4/h5-9H,1-4H3. The van der Waals surface area contributed by atoms with E-state index in [2.05, 4.69) is 4.74 Å². The Balaban J connectivity index is 2.70. The number of ether oxygens (including phenoxy) is 1. The number of carbonyl (C=O) groups is 1. The molecule has 0 aliphatic carbocycles. The van der Waals surface area contributed by atoms with E-state index in [1.54, 1.807) is 26.0 Å². The second kappa shape index (κ2) is 5.37. The van der Waals surface area contributed by atoms with Crippen LogP contribution < -0.4 is 0 Å². The second-order valence-electron chi connectivity index (χ2n) is 4.91. The Morgan fingerprint density at radius 3 is 2.24 bits per heavy atom. The fourth-order valence-corrected chi connectivity index (χ4v) is 4.26. The van der Waals surface area contributed by atoms with Gasteiger partial charge in [0, 0.05) is 6.20 Å². The number of aromatic nitrogens is 1. The number of hydrogen-bond acceptors (Lipinski definition) is 4. The minimum absolute atomic E-state index is 0.0168. The molecule has 112 valence electrons. The molecular weight excluding hydrogens is 290 g/mol. The fraction of sp³-hybridized carbons (Fsp3) is 0.267. The van der Waals surface area contributed by atoms with Crippen LogP contribution in [-0.2, 0) is 14.8 Å². The molecule has 21 heavy (non-hydrogen) atoms. The minimum Gasteiger partial charge on any atom is -0.464 e. The molecule has 0 aliphatic heterocycles. The zero-order valence-electron chi connectivity index (χ0n) is 12.4. The first kappa shape index (κ1) is 15.3. The molecule has 1 aromatic carbocycles. The molecular formula is C15H17NO4S. The Morgan fingerprint density at radius 1 is 1.14 bits per heavy atom. The van der Waals surface area contributed by atoms with Crippen molar-refractivity contribution in [2.24, 2.45) is 0 Å². The third-order valence-corrected chi connectivity index (χ3v) is 5.23. The zero-order chi connectivity index (χ0) is 15.8. The number of carbonyl (C=O) groups excluding carboxylic acids is 1. The number of nitrogens with zero attached hydrogens (tertiary/aromatic N) is 1. The summed E-state index contributed by atoms with van der Waals surface area (Å²) in [7, 11) is -2.63. The van der Waals surface area contributed by atoms with Gasteiger partial charge in [-0.25, -0.2) is 17.2 Å². The first-order chi connectivity index (χ1) is 9.78. The van der Waals surface area contributed by atoms with Crippen LogP contribution in [0.3, 0.4) is 0 Å². The van der Waals surface area contributed by atoms with Crippen LogP contribution in [-0.4, -0.2) is 25.5 Å². The average Bonchev–Trinajstić information content (AvgIpc) is 2.86. The van der Waals surface area contributed by atoms with Gasteiger partial charge >= 0.3 is 5.97 Å². The second-order valence-corrected chi connectivity index (χ2v) is 6.67. The first-order valence-electron chi connectivity index (χ1n) is 6.38. The number of rotatable bonds is 3. The molecule has 5 nitrogen and oxygen atoms in total. The van der Waals surface area contributed by atoms with Gasteiger partial charge in [0.25, 0.3) is 10.0 Å². The van der Waals surface area contributed by atoms with Crippen molar-refractivity contribution in [3.05, 3.63) is 52.8 Å². The maximum Gasteiger partial charge on any atom is 0.355 e. The predicted molar refractivity (Wildman–Crippen MR) is 79.0 cm³/mol. The maximum absolute atomic E-state index is 12.8. The summed E-state index contributed by atoms with van der Waals surface area (Å²) in [5, 5.41) is 0. The van der Waals surface area contributed by atoms with Crippen molar-refractivity contribution < 1.29 is 17.9 Å². The summed E-state index contributed by atoms with van der Waals surface area (Å²) in [6, 6.07) is 6.54. The molecule has 0 spiro atoms. The molecule has 0 saturated heterocycles. The molecule has 0 fully saturated rings. The molecule has 0 aliphatic rings. The zero-order valence-corrected chi connectivity index (χ0v) is 13.2. The molecule has 0 amide bonds. The Kier molecular flexibility index (Phi) is 3.91. The van der Waals surface area contributed by atoms with Gasteiger partial charge in [-0.1, -0.05) is 17.7 Å². The van der Waals surface area contributed by atoms with Crippen LogP contribution in [0.15, 0.2) is 35.4 Å². The molecule has 1 heterocycles. The number of methoxy groups -OCH3 is 1. The SMILES string of the molecule is COC(=O)c1cccn1S(=O)(=O)c1c(C)cc(C)cc1C. The van der Waals surface area contributed by atoms with Gasteiger partial charge in [0.15, 0.2) is 0 Å². The maximum atomic E-state index is 12.8. The van der Waals surface area contributed by atoms with Gasteiger partial charge in [-0.3, -0.25) is 0 Å². The highest BCUT2D eigenvalue weighted by Crippen LogP contribution is 2.25. The number of esters is 1. The monoisotopic (exact) mass is 307 g/mol. The van der Waals surface area contributed by atoms with Crippen molar-refractivity contribution in [3.8, 4) is 0 Å². The first-order valence-corrected chi connectivity index (χ1v) is 7.82. The van der Waals surface area contributed by atoms with Crippen LogP contribution in [0.5, 0.6) is 0 Å². The summed E-state index contributed by atoms with van der Waals surface area (Å²) in [6.07, 6.45) is 1.35. The van der Waals surface area contributed by atoms with Crippen LogP contribution >= 0.6 is 0 Å². The van der Waals surface area contributed by atoms with Crippen molar-refractivity contribution in [3.63, 3.8) is 0 Å². The van der Waals surface area contributed by atoms with Crippen LogP contribution in [0.25, 0.3) is 0 Å². The predicted octanol–water partition coefficient (Wildman–Crippen LogP) is 2.44. The van der Waals surface area contributed by atoms with E-state index in [0.717, 1.165) is 9.54 Å². The average molecular weight is 307 g/mol. The van der Waals surface area contributed by atoms with Crippen LogP contribution in [0.2, 0.25) is 0 Å². The number of aryl methyl sites for hydroxylation is 3. The van der Waals surface area contributed by atoms with Gasteiger partial charge in [0.05, 0.1) is 12.0 Å². The lowest BCUT2D eigenvalue weighted by molar-refractivity contribution is 0.0593. The highest BCUT2D eigenvalue weighted by Gasteiger charge is 2.26. The van der Waals surface area contributed by atoms with E-state index >= 15 is 0 Å². The molecule has 2 rings (SSSR count). The number of benzene rings is 1. The smallest absolute Gasteiger partial charge is 0.355 e. The summed E-state index contributed by atoms with van der Waals surface area (Å²) in [4.78, 5) is 11.9. The van der Waals surface area contributed by atoms with Gasteiger partial charge < -0.3 is 4.74 Å². The summed E-state index contributed by atoms with van der Waals surface area (Å²) in [5.41, 5.74) is 2.27. The Morgan fingerprint density at radius 2 is 1.71 bits per heavy atom. The lowest BCUT2D eigenvalue weighted by atomic mass is 10.1. The molecule has 2 aromatic rings. The number of hydrogen-bond donors (Lipinski definition) is 0. The van der Waals surface area contributed by atoms with Gasteiger partial charge in [0.1, 0.15) is 5.69 Å². The molecule has 0 N–H and O–H groups in total. The van der Waals surface area contributed by atoms with Crippen LogP contribution in [0, 0.1) is 20.8 Å². The van der Waals surface area contributed by atoms with Gasteiger partial charge in [-0.2, -0.15) is 0 Å². The molecule has 0 atom stereocenters. The quantitative estimate of drug-likeness (QED) is 0.817. The lowest BCUT2D eigenvalue weighted by Crippen LogP contribution is -2.20. The van der Waals surface area contributed by atoms with Crippen molar-refractivity contribution in [1.82, 2.24) is 3.97 Å². The Labute approximate surface area is 124 Å². The van der Waals surface area contributed by atoms with E-state index in [4.69, 9.17) is 0 Å². The van der Waals surface area contributed by atoms with E-state index in [1.165, 1.54) is 25.4 Å². The fourth-order valence-electron chi connectivity index (χ4n) is 2.51. The third kappa shape index (κ3) is 2.58. The molecule has 6 heteroatoms. The summed E-state index contributed by atoms with van der Waals surface area (Å²) >= 11 is 0. The summed E-state index contributed by atoms with van der Waals surface area (Å²) in [5.74, 6) is -0.689. The highest BCUT2D eigenvalue weighted by atomic mass is 32.2. The van der Waals surface area contributed by atoms with Crippen molar-refractivity contribution >= 4 is 16.0 Å². The van der Waals surface area contributed by atoms with E-state index in [9.17, 15) is 13.2 Å². The molecule has 1 aromatic heterocycles. The van der Waals surface area contributed by atoms with Gasteiger partial charge in [0.2, 0.25) is 0 Å². The minimum atomic E-state index is -3.84. The van der Waals surface area contributed by atoms with Crippen LogP contribution in [0.4, 0.5) is 0 Å². The summed E-state index contributed by atoms with van der Waals surface area (Å²) in [6.45, 7) is 5.40. The Hall–Kier alpha value is -2.08. The molecule has 0 unspecified atom stereocenters.